The summed E-state index contributed by atoms with van der Waals surface area (Å²) in [4.78, 5) is 13.6. The normalized spacial score (nSPS) is 13.1. The number of aryl methyl sites for hydroxylation is 1. The Hall–Kier alpha value is -2.57. The van der Waals surface area contributed by atoms with E-state index in [0.717, 1.165) is 25.8 Å². The number of phenols is 1. The molecule has 2 unspecified atom stereocenters. The van der Waals surface area contributed by atoms with Crippen LogP contribution in [0.3, 0.4) is 0 Å². The molecule has 0 spiro atoms. The number of aliphatic hydroxyl groups excluding tert-OH is 1. The van der Waals surface area contributed by atoms with Crippen molar-refractivity contribution in [2.24, 2.45) is 5.73 Å². The third-order valence-electron chi connectivity index (χ3n) is 5.19. The lowest BCUT2D eigenvalue weighted by Crippen LogP contribution is -2.30. The zero-order valence-corrected chi connectivity index (χ0v) is 17.6. The average molecular weight is 400 g/mol. The monoisotopic (exact) mass is 399 g/mol. The SMILES string of the molecule is Cc1ccc(N(C)CCCCC(C)NCC(O)c2ccc(O)c(C(N)=O)c2)cc1. The lowest BCUT2D eigenvalue weighted by atomic mass is 10.0. The molecule has 6 heteroatoms. The van der Waals surface area contributed by atoms with Crippen molar-refractivity contribution in [3.8, 4) is 5.75 Å². The van der Waals surface area contributed by atoms with Crippen LogP contribution in [0, 0.1) is 6.92 Å². The number of amides is 1. The molecule has 2 aromatic rings. The van der Waals surface area contributed by atoms with Gasteiger partial charge in [0.05, 0.1) is 11.7 Å². The number of nitrogens with one attached hydrogen (secondary N) is 1. The van der Waals surface area contributed by atoms with Crippen LogP contribution in [0.2, 0.25) is 0 Å². The molecule has 0 saturated heterocycles. The van der Waals surface area contributed by atoms with Crippen LogP contribution in [0.4, 0.5) is 5.69 Å². The second-order valence-electron chi connectivity index (χ2n) is 7.72. The van der Waals surface area contributed by atoms with Gasteiger partial charge in [-0.3, -0.25) is 4.79 Å². The number of carbonyl (C=O) groups is 1. The minimum atomic E-state index is -0.774. The Morgan fingerprint density at radius 2 is 1.86 bits per heavy atom. The average Bonchev–Trinajstić information content (AvgIpc) is 2.69. The fraction of sp³-hybridized carbons (Fsp3) is 0.435. The number of hydrogen-bond acceptors (Lipinski definition) is 5. The highest BCUT2D eigenvalue weighted by Gasteiger charge is 2.14. The molecule has 0 saturated carbocycles. The van der Waals surface area contributed by atoms with E-state index in [1.807, 2.05) is 0 Å². The van der Waals surface area contributed by atoms with Gasteiger partial charge in [-0.05, 0) is 56.5 Å². The summed E-state index contributed by atoms with van der Waals surface area (Å²) >= 11 is 0. The van der Waals surface area contributed by atoms with Crippen LogP contribution in [0.5, 0.6) is 5.75 Å². The topological polar surface area (TPSA) is 98.8 Å². The van der Waals surface area contributed by atoms with Gasteiger partial charge in [-0.1, -0.05) is 30.2 Å². The number of unbranched alkanes of at least 4 members (excludes halogenated alkanes) is 1. The molecule has 5 N–H and O–H groups in total. The van der Waals surface area contributed by atoms with Crippen molar-refractivity contribution >= 4 is 11.6 Å². The molecule has 2 rings (SSSR count). The minimum Gasteiger partial charge on any atom is -0.507 e. The number of nitrogens with zero attached hydrogens (tertiary/aromatic N) is 1. The summed E-state index contributed by atoms with van der Waals surface area (Å²) in [7, 11) is 2.11. The fourth-order valence-electron chi connectivity index (χ4n) is 3.22. The number of rotatable bonds is 11. The molecule has 0 aromatic heterocycles. The van der Waals surface area contributed by atoms with Crippen LogP contribution >= 0.6 is 0 Å². The summed E-state index contributed by atoms with van der Waals surface area (Å²) in [6, 6.07) is 13.2. The molecular weight excluding hydrogens is 366 g/mol. The summed E-state index contributed by atoms with van der Waals surface area (Å²) in [6.07, 6.45) is 2.42. The molecule has 2 aromatic carbocycles. The Bertz CT molecular complexity index is 792. The maximum atomic E-state index is 11.3. The number of nitrogens with two attached hydrogens (primary N) is 1. The summed E-state index contributed by atoms with van der Waals surface area (Å²) in [6.45, 7) is 5.56. The molecule has 0 aliphatic carbocycles. The Morgan fingerprint density at radius 1 is 1.17 bits per heavy atom. The molecule has 0 bridgehead atoms. The van der Waals surface area contributed by atoms with Crippen molar-refractivity contribution in [1.82, 2.24) is 5.32 Å². The largest absolute Gasteiger partial charge is 0.507 e. The Kier molecular flexibility index (Phi) is 8.49. The van der Waals surface area contributed by atoms with Crippen LogP contribution in [-0.4, -0.2) is 42.3 Å². The van der Waals surface area contributed by atoms with Crippen molar-refractivity contribution in [3.05, 3.63) is 59.2 Å². The maximum Gasteiger partial charge on any atom is 0.252 e. The molecule has 0 heterocycles. The molecule has 1 amide bonds. The highest BCUT2D eigenvalue weighted by atomic mass is 16.3. The lowest BCUT2D eigenvalue weighted by molar-refractivity contribution is 0.0997. The number of aliphatic hydroxyl groups is 1. The summed E-state index contributed by atoms with van der Waals surface area (Å²) in [5.74, 6) is -0.890. The predicted molar refractivity (Wildman–Crippen MR) is 117 cm³/mol. The number of aromatic hydroxyl groups is 1. The van der Waals surface area contributed by atoms with Gasteiger partial charge in [0, 0.05) is 31.9 Å². The zero-order chi connectivity index (χ0) is 21.4. The fourth-order valence-corrected chi connectivity index (χ4v) is 3.22. The summed E-state index contributed by atoms with van der Waals surface area (Å²) in [5, 5.41) is 23.3. The van der Waals surface area contributed by atoms with E-state index in [2.05, 4.69) is 55.4 Å². The van der Waals surface area contributed by atoms with Gasteiger partial charge >= 0.3 is 0 Å². The smallest absolute Gasteiger partial charge is 0.252 e. The van der Waals surface area contributed by atoms with E-state index >= 15 is 0 Å². The molecular formula is C23H33N3O3. The highest BCUT2D eigenvalue weighted by Crippen LogP contribution is 2.22. The van der Waals surface area contributed by atoms with Crippen molar-refractivity contribution in [1.29, 1.82) is 0 Å². The zero-order valence-electron chi connectivity index (χ0n) is 17.6. The highest BCUT2D eigenvalue weighted by molar-refractivity contribution is 5.95. The van der Waals surface area contributed by atoms with Crippen LogP contribution in [0.1, 0.15) is 53.8 Å². The van der Waals surface area contributed by atoms with E-state index in [1.165, 1.54) is 23.4 Å². The third-order valence-corrected chi connectivity index (χ3v) is 5.19. The first-order chi connectivity index (χ1) is 13.8. The van der Waals surface area contributed by atoms with Gasteiger partial charge in [0.2, 0.25) is 0 Å². The Labute approximate surface area is 173 Å². The van der Waals surface area contributed by atoms with E-state index in [-0.39, 0.29) is 17.4 Å². The van der Waals surface area contributed by atoms with E-state index in [4.69, 9.17) is 5.73 Å². The first kappa shape index (κ1) is 22.7. The molecule has 29 heavy (non-hydrogen) atoms. The number of hydrogen-bond donors (Lipinski definition) is 4. The summed E-state index contributed by atoms with van der Waals surface area (Å²) < 4.78 is 0. The summed E-state index contributed by atoms with van der Waals surface area (Å²) in [5.41, 5.74) is 8.31. The van der Waals surface area contributed by atoms with E-state index in [0.29, 0.717) is 12.1 Å². The number of benzene rings is 2. The number of primary amides is 1. The molecule has 0 aliphatic rings. The van der Waals surface area contributed by atoms with Crippen molar-refractivity contribution in [2.45, 2.75) is 45.3 Å². The van der Waals surface area contributed by atoms with Gasteiger partial charge in [-0.25, -0.2) is 0 Å². The van der Waals surface area contributed by atoms with Gasteiger partial charge < -0.3 is 26.2 Å². The third kappa shape index (κ3) is 7.07. The van der Waals surface area contributed by atoms with Crippen LogP contribution in [0.15, 0.2) is 42.5 Å². The first-order valence-electron chi connectivity index (χ1n) is 10.1. The van der Waals surface area contributed by atoms with Crippen LogP contribution in [-0.2, 0) is 0 Å². The minimum absolute atomic E-state index is 0.0206. The van der Waals surface area contributed by atoms with E-state index in [9.17, 15) is 15.0 Å². The second kappa shape index (κ2) is 10.8. The molecule has 2 atom stereocenters. The Morgan fingerprint density at radius 3 is 2.52 bits per heavy atom. The molecule has 6 nitrogen and oxygen atoms in total. The lowest BCUT2D eigenvalue weighted by Gasteiger charge is -2.21. The van der Waals surface area contributed by atoms with Crippen molar-refractivity contribution < 1.29 is 15.0 Å². The van der Waals surface area contributed by atoms with Crippen LogP contribution < -0.4 is 16.0 Å². The van der Waals surface area contributed by atoms with E-state index < -0.39 is 12.0 Å². The molecule has 158 valence electrons. The van der Waals surface area contributed by atoms with Gasteiger partial charge in [0.15, 0.2) is 0 Å². The van der Waals surface area contributed by atoms with Gasteiger partial charge in [0.1, 0.15) is 5.75 Å². The van der Waals surface area contributed by atoms with Crippen molar-refractivity contribution in [2.75, 3.05) is 25.0 Å². The molecule has 0 radical (unpaired) electrons. The second-order valence-corrected chi connectivity index (χ2v) is 7.72. The van der Waals surface area contributed by atoms with Crippen molar-refractivity contribution in [3.63, 3.8) is 0 Å². The van der Waals surface area contributed by atoms with Gasteiger partial charge in [-0.15, -0.1) is 0 Å². The number of anilines is 1. The molecule has 0 fully saturated rings. The Balaban J connectivity index is 1.70. The predicted octanol–water partition coefficient (Wildman–Crippen LogP) is 3.12. The van der Waals surface area contributed by atoms with Gasteiger partial charge in [0.25, 0.3) is 5.91 Å². The maximum absolute atomic E-state index is 11.3. The van der Waals surface area contributed by atoms with Gasteiger partial charge in [-0.2, -0.15) is 0 Å². The van der Waals surface area contributed by atoms with E-state index in [1.54, 1.807) is 6.07 Å². The quantitative estimate of drug-likeness (QED) is 0.435. The standard InChI is InChI=1S/C23H33N3O3/c1-16-7-10-19(11-8-16)26(3)13-5-4-6-17(2)25-15-22(28)18-9-12-21(27)20(14-18)23(24)29/h7-12,14,17,22,25,27-28H,4-6,13,15H2,1-3H3,(H2,24,29). The molecule has 0 aliphatic heterocycles. The number of carbonyl (C=O) groups excluding carboxylic acids is 1. The first-order valence-corrected chi connectivity index (χ1v) is 10.1. The van der Waals surface area contributed by atoms with Crippen LogP contribution in [0.25, 0.3) is 0 Å².